The smallest absolute Gasteiger partial charge is 0.395 e. The third-order valence-electron chi connectivity index (χ3n) is 6.10. The fourth-order valence-electron chi connectivity index (χ4n) is 3.46. The minimum atomic E-state index is -2.81. The Morgan fingerprint density at radius 1 is 1.36 bits per heavy atom. The summed E-state index contributed by atoms with van der Waals surface area (Å²) in [5.74, 6) is -1.70. The minimum Gasteiger partial charge on any atom is -0.575 e. The van der Waals surface area contributed by atoms with Crippen LogP contribution in [0.15, 0.2) is 50.9 Å². The number of carboxylic acids is 1. The average Bonchev–Trinajstić information content (AvgIpc) is 3.01. The number of rotatable bonds is 9. The quantitative estimate of drug-likeness (QED) is 0.406. The third-order valence-corrected chi connectivity index (χ3v) is 7.03. The van der Waals surface area contributed by atoms with Gasteiger partial charge in [-0.3, -0.25) is 18.9 Å². The fraction of sp³-hybridized carbons (Fsp3) is 0.500. The number of aliphatic hydroxyl groups excluding tert-OH is 1. The Morgan fingerprint density at radius 2 is 2.00 bits per heavy atom. The van der Waals surface area contributed by atoms with Gasteiger partial charge in [0.15, 0.2) is 17.6 Å². The van der Waals surface area contributed by atoms with Crippen molar-refractivity contribution in [1.29, 1.82) is 0 Å². The number of halogens is 1. The molecule has 2 aromatic rings. The van der Waals surface area contributed by atoms with Gasteiger partial charge in [-0.2, -0.15) is 0 Å². The number of hydrogen-bond donors (Lipinski definition) is 3. The number of carbonyl (C=O) groups is 1. The van der Waals surface area contributed by atoms with Gasteiger partial charge in [0.05, 0.1) is 0 Å². The molecule has 1 unspecified atom stereocenters. The van der Waals surface area contributed by atoms with Crippen LogP contribution in [0.4, 0.5) is 4.39 Å². The maximum Gasteiger partial charge on any atom is 0.395 e. The second kappa shape index (κ2) is 10.5. The molecule has 14 heteroatoms. The van der Waals surface area contributed by atoms with Crippen LogP contribution in [0.3, 0.4) is 0 Å². The topological polar surface area (TPSA) is 175 Å². The second-order valence-corrected chi connectivity index (χ2v) is 9.79. The van der Waals surface area contributed by atoms with E-state index >= 15 is 4.39 Å². The molecule has 1 aliphatic rings. The van der Waals surface area contributed by atoms with Crippen LogP contribution in [-0.4, -0.2) is 55.8 Å². The van der Waals surface area contributed by atoms with E-state index in [0.29, 0.717) is 0 Å². The molecule has 2 heterocycles. The van der Waals surface area contributed by atoms with Crippen LogP contribution >= 0.6 is 8.17 Å². The van der Waals surface area contributed by atoms with E-state index in [-0.39, 0.29) is 18.1 Å². The van der Waals surface area contributed by atoms with E-state index in [4.69, 9.17) is 14.0 Å². The van der Waals surface area contributed by atoms with Gasteiger partial charge in [-0.05, 0) is 31.9 Å². The highest BCUT2D eigenvalue weighted by Gasteiger charge is 2.55. The van der Waals surface area contributed by atoms with Crippen molar-refractivity contribution >= 4 is 14.1 Å². The number of alkyl halides is 1. The summed E-state index contributed by atoms with van der Waals surface area (Å²) in [5.41, 5.74) is -5.64. The summed E-state index contributed by atoms with van der Waals surface area (Å²) in [4.78, 5) is 49.5. The SMILES string of the molecule is CC(C)[C@](C)(/N=[P+](\[O-])Oc1ccccc1OC[C@H]1O[C@@H](n2ccc(=O)[nH]c2=O)[C@](C)(F)[C@@H]1O)C(=O)O. The Labute approximate surface area is 205 Å². The summed E-state index contributed by atoms with van der Waals surface area (Å²) in [6.07, 6.45) is -3.42. The molecule has 3 rings (SSSR count). The molecule has 1 fully saturated rings. The molecule has 1 aromatic heterocycles. The van der Waals surface area contributed by atoms with E-state index in [1.54, 1.807) is 26.0 Å². The van der Waals surface area contributed by atoms with Crippen molar-refractivity contribution in [2.75, 3.05) is 6.61 Å². The molecule has 1 saturated heterocycles. The van der Waals surface area contributed by atoms with Gasteiger partial charge in [-0.1, -0.05) is 30.7 Å². The zero-order valence-electron chi connectivity index (χ0n) is 20.0. The molecule has 0 amide bonds. The monoisotopic (exact) mass is 527 g/mol. The molecule has 3 N–H and O–H groups in total. The lowest BCUT2D eigenvalue weighted by Gasteiger charge is -2.24. The number of carboxylic acid groups (broad SMARTS) is 1. The Hall–Kier alpha value is -3.12. The van der Waals surface area contributed by atoms with Crippen LogP contribution in [0.25, 0.3) is 0 Å². The first-order chi connectivity index (χ1) is 16.8. The van der Waals surface area contributed by atoms with Crippen molar-refractivity contribution < 1.29 is 38.3 Å². The molecule has 0 aliphatic carbocycles. The maximum absolute atomic E-state index is 15.3. The maximum atomic E-state index is 15.3. The van der Waals surface area contributed by atoms with E-state index in [2.05, 4.69) is 4.74 Å². The highest BCUT2D eigenvalue weighted by Crippen LogP contribution is 2.41. The normalized spacial score (nSPS) is 26.0. The number of aromatic nitrogens is 2. The highest BCUT2D eigenvalue weighted by molar-refractivity contribution is 7.34. The van der Waals surface area contributed by atoms with Crippen molar-refractivity contribution in [3.63, 3.8) is 0 Å². The Morgan fingerprint density at radius 3 is 2.58 bits per heavy atom. The first-order valence-electron chi connectivity index (χ1n) is 10.9. The molecule has 0 bridgehead atoms. The standard InChI is InChI=1S/C22H27FN3O9P/c1-12(2)22(4,19(29)30)25-36(32)35-14-8-6-5-7-13(14)33-11-15-17(28)21(3,23)18(34-15)26-10-9-16(27)24-20(26)31/h5-10,12,15,17-18,28H,11H2,1-4H3,(H,29,30)(H,24,27,31)/t15-,17-,18-,21-,22+/m1/s1. The van der Waals surface area contributed by atoms with E-state index < -0.39 is 60.9 Å². The summed E-state index contributed by atoms with van der Waals surface area (Å²) < 4.78 is 36.5. The lowest BCUT2D eigenvalue weighted by atomic mass is 9.90. The predicted octanol–water partition coefficient (Wildman–Crippen LogP) is 1.34. The number of para-hydroxylation sites is 2. The van der Waals surface area contributed by atoms with Crippen molar-refractivity contribution in [2.45, 2.75) is 57.3 Å². The number of aliphatic carboxylic acids is 1. The molecule has 1 aliphatic heterocycles. The van der Waals surface area contributed by atoms with Crippen LogP contribution in [-0.2, 0) is 9.53 Å². The van der Waals surface area contributed by atoms with Gasteiger partial charge >= 0.3 is 19.8 Å². The summed E-state index contributed by atoms with van der Waals surface area (Å²) >= 11 is 0. The van der Waals surface area contributed by atoms with Crippen LogP contribution < -0.4 is 25.4 Å². The summed E-state index contributed by atoms with van der Waals surface area (Å²) in [6.45, 7) is 5.24. The Kier molecular flexibility index (Phi) is 7.99. The predicted molar refractivity (Wildman–Crippen MR) is 124 cm³/mol. The summed E-state index contributed by atoms with van der Waals surface area (Å²) in [7, 11) is -2.81. The number of benzene rings is 1. The van der Waals surface area contributed by atoms with Gasteiger partial charge in [0.25, 0.3) is 5.56 Å². The van der Waals surface area contributed by atoms with E-state index in [9.17, 15) is 29.5 Å². The van der Waals surface area contributed by atoms with Crippen LogP contribution in [0.2, 0.25) is 0 Å². The van der Waals surface area contributed by atoms with Gasteiger partial charge in [-0.25, -0.2) is 14.0 Å². The molecule has 12 nitrogen and oxygen atoms in total. The van der Waals surface area contributed by atoms with Crippen LogP contribution in [0.5, 0.6) is 11.5 Å². The van der Waals surface area contributed by atoms with Gasteiger partial charge in [0, 0.05) is 12.3 Å². The van der Waals surface area contributed by atoms with Gasteiger partial charge in [-0.15, -0.1) is 0 Å². The Balaban J connectivity index is 1.77. The number of nitrogens with one attached hydrogen (secondary N) is 1. The van der Waals surface area contributed by atoms with E-state index in [0.717, 1.165) is 23.8 Å². The van der Waals surface area contributed by atoms with Gasteiger partial charge in [0.2, 0.25) is 11.3 Å². The molecule has 1 aromatic carbocycles. The van der Waals surface area contributed by atoms with Gasteiger partial charge < -0.3 is 24.6 Å². The minimum absolute atomic E-state index is 0.0252. The first kappa shape index (κ1) is 27.5. The first-order valence-corrected chi connectivity index (χ1v) is 12.1. The molecule has 0 saturated carbocycles. The van der Waals surface area contributed by atoms with Crippen LogP contribution in [0, 0.1) is 5.92 Å². The number of hydrogen-bond acceptors (Lipinski definition) is 9. The molecule has 0 spiro atoms. The van der Waals surface area contributed by atoms with E-state index in [1.165, 1.54) is 19.1 Å². The number of aliphatic hydroxyl groups is 1. The molecule has 6 atom stereocenters. The summed E-state index contributed by atoms with van der Waals surface area (Å²) in [6, 6.07) is 7.03. The second-order valence-electron chi connectivity index (χ2n) is 8.93. The molecule has 0 radical (unpaired) electrons. The molecule has 36 heavy (non-hydrogen) atoms. The summed E-state index contributed by atoms with van der Waals surface area (Å²) in [5, 5.41) is 20.0. The largest absolute Gasteiger partial charge is 0.575 e. The zero-order chi connectivity index (χ0) is 26.8. The van der Waals surface area contributed by atoms with Crippen molar-refractivity contribution in [2.24, 2.45) is 10.7 Å². The number of aromatic amines is 1. The highest BCUT2D eigenvalue weighted by atomic mass is 31.1. The third kappa shape index (κ3) is 5.49. The fourth-order valence-corrected chi connectivity index (χ4v) is 4.47. The number of H-pyrrole nitrogens is 1. The molecular weight excluding hydrogens is 500 g/mol. The van der Waals surface area contributed by atoms with Crippen molar-refractivity contribution in [1.82, 2.24) is 9.55 Å². The van der Waals surface area contributed by atoms with Gasteiger partial charge in [0.1, 0.15) is 18.8 Å². The van der Waals surface area contributed by atoms with Crippen molar-refractivity contribution in [3.8, 4) is 11.5 Å². The molecule has 196 valence electrons. The number of ether oxygens (including phenoxy) is 2. The Bertz CT molecular complexity index is 1260. The average molecular weight is 527 g/mol. The lowest BCUT2D eigenvalue weighted by molar-refractivity contribution is -0.170. The lowest BCUT2D eigenvalue weighted by Crippen LogP contribution is -2.43. The molecular formula is C22H27FN3O9P. The number of nitrogens with zero attached hydrogens (tertiary/aromatic N) is 2. The zero-order valence-corrected chi connectivity index (χ0v) is 20.8. The van der Waals surface area contributed by atoms with E-state index in [1.807, 2.05) is 4.98 Å². The van der Waals surface area contributed by atoms with Crippen molar-refractivity contribution in [3.05, 3.63) is 57.4 Å². The van der Waals surface area contributed by atoms with Crippen LogP contribution in [0.1, 0.15) is 33.9 Å².